The van der Waals surface area contributed by atoms with Crippen molar-refractivity contribution in [2.24, 2.45) is 0 Å². The number of fused-ring (bicyclic) bond motifs is 7. The van der Waals surface area contributed by atoms with Crippen LogP contribution in [0.15, 0.2) is 231 Å². The molecule has 0 bridgehead atoms. The van der Waals surface area contributed by atoms with E-state index >= 15 is 0 Å². The van der Waals surface area contributed by atoms with E-state index in [-0.39, 0.29) is 0 Å². The Hall–Kier alpha value is -7.72. The summed E-state index contributed by atoms with van der Waals surface area (Å²) in [6.07, 6.45) is 0. The maximum Gasteiger partial charge on any atom is 0.0618 e. The largest absolute Gasteiger partial charge is 0.310 e. The van der Waals surface area contributed by atoms with Gasteiger partial charge in [0.2, 0.25) is 0 Å². The third kappa shape index (κ3) is 5.85. The average molecular weight is 795 g/mol. The minimum absolute atomic E-state index is 1.09. The smallest absolute Gasteiger partial charge is 0.0618 e. The summed E-state index contributed by atoms with van der Waals surface area (Å²) in [5.41, 5.74) is 14.0. The Balaban J connectivity index is 1.11. The minimum atomic E-state index is 1.09. The van der Waals surface area contributed by atoms with Crippen molar-refractivity contribution in [3.63, 3.8) is 0 Å². The van der Waals surface area contributed by atoms with Crippen molar-refractivity contribution >= 4 is 81.1 Å². The molecule has 0 aliphatic rings. The second-order valence-electron chi connectivity index (χ2n) is 15.7. The fraction of sp³-hybridized carbons (Fsp3) is 0. The van der Waals surface area contributed by atoms with Crippen LogP contribution in [0, 0.1) is 0 Å². The highest BCUT2D eigenvalue weighted by Gasteiger charge is 2.22. The molecule has 0 unspecified atom stereocenters. The molecule has 2 nitrogen and oxygen atoms in total. The quantitative estimate of drug-likeness (QED) is 0.156. The Morgan fingerprint density at radius 3 is 1.72 bits per heavy atom. The van der Waals surface area contributed by atoms with E-state index in [0.717, 1.165) is 22.6 Å². The molecule has 0 atom stereocenters. The van der Waals surface area contributed by atoms with Crippen molar-refractivity contribution < 1.29 is 0 Å². The van der Waals surface area contributed by atoms with E-state index in [1.54, 1.807) is 0 Å². The molecule has 12 aromatic rings. The standard InChI is InChI=1S/C58H38N2S/c1-4-17-39(18-5-1)46-34-31-41-21-10-11-24-45(41)57(46)60-54-29-14-12-25-48(54)49-36-33-44(38-55(49)60)59(42-22-8-3-9-23-42)43-32-35-47(53(37-43)40-19-6-2-7-20-40)51-27-16-28-52-50-26-13-15-30-56(50)61-58(51)52/h1-38H. The van der Waals surface area contributed by atoms with Gasteiger partial charge in [-0.15, -0.1) is 11.3 Å². The molecule has 0 aliphatic heterocycles. The maximum absolute atomic E-state index is 2.51. The normalized spacial score (nSPS) is 11.6. The molecule has 0 radical (unpaired) electrons. The summed E-state index contributed by atoms with van der Waals surface area (Å²) in [7, 11) is 0. The summed E-state index contributed by atoms with van der Waals surface area (Å²) in [5.74, 6) is 0. The fourth-order valence-electron chi connectivity index (χ4n) is 9.43. The molecular formula is C58H38N2S. The van der Waals surface area contributed by atoms with E-state index in [1.165, 1.54) is 86.3 Å². The SMILES string of the molecule is c1ccc(-c2cc(N(c3ccccc3)c3ccc4c5ccccc5n(-c5c(-c6ccccc6)ccc6ccccc56)c4c3)ccc2-c2cccc3c2sc2ccccc23)cc1. The summed E-state index contributed by atoms with van der Waals surface area (Å²) in [6, 6.07) is 84.2. The van der Waals surface area contributed by atoms with Crippen LogP contribution in [0.1, 0.15) is 0 Å². The first-order valence-corrected chi connectivity index (χ1v) is 21.7. The van der Waals surface area contributed by atoms with Gasteiger partial charge in [-0.3, -0.25) is 0 Å². The highest BCUT2D eigenvalue weighted by molar-refractivity contribution is 7.26. The van der Waals surface area contributed by atoms with Crippen LogP contribution in [0.5, 0.6) is 0 Å². The van der Waals surface area contributed by atoms with Gasteiger partial charge in [0.1, 0.15) is 0 Å². The number of rotatable bonds is 7. The van der Waals surface area contributed by atoms with Gasteiger partial charge in [0.25, 0.3) is 0 Å². The molecule has 3 heteroatoms. The van der Waals surface area contributed by atoms with E-state index in [4.69, 9.17) is 0 Å². The number of benzene rings is 10. The van der Waals surface area contributed by atoms with Gasteiger partial charge in [0.05, 0.1) is 16.7 Å². The topological polar surface area (TPSA) is 8.17 Å². The first kappa shape index (κ1) is 35.2. The summed E-state index contributed by atoms with van der Waals surface area (Å²) in [4.78, 5) is 2.42. The first-order chi connectivity index (χ1) is 30.3. The van der Waals surface area contributed by atoms with Crippen LogP contribution in [0.3, 0.4) is 0 Å². The van der Waals surface area contributed by atoms with Gasteiger partial charge in [-0.2, -0.15) is 0 Å². The Bertz CT molecular complexity index is 3580. The molecule has 0 saturated heterocycles. The van der Waals surface area contributed by atoms with Crippen LogP contribution >= 0.6 is 11.3 Å². The zero-order valence-corrected chi connectivity index (χ0v) is 34.1. The lowest BCUT2D eigenvalue weighted by atomic mass is 9.92. The number of para-hydroxylation sites is 2. The Morgan fingerprint density at radius 2 is 0.918 bits per heavy atom. The first-order valence-electron chi connectivity index (χ1n) is 20.8. The zero-order chi connectivity index (χ0) is 40.3. The van der Waals surface area contributed by atoms with Gasteiger partial charge in [-0.1, -0.05) is 182 Å². The van der Waals surface area contributed by atoms with Crippen LogP contribution in [-0.4, -0.2) is 4.57 Å². The predicted octanol–water partition coefficient (Wildman–Crippen LogP) is 16.8. The predicted molar refractivity (Wildman–Crippen MR) is 262 cm³/mol. The van der Waals surface area contributed by atoms with Gasteiger partial charge in [0, 0.05) is 64.5 Å². The molecule has 61 heavy (non-hydrogen) atoms. The molecule has 2 heterocycles. The van der Waals surface area contributed by atoms with E-state index < -0.39 is 0 Å². The van der Waals surface area contributed by atoms with Crippen LogP contribution in [0.2, 0.25) is 0 Å². The number of hydrogen-bond donors (Lipinski definition) is 0. The molecule has 0 amide bonds. The number of nitrogens with zero attached hydrogens (tertiary/aromatic N) is 2. The third-order valence-electron chi connectivity index (χ3n) is 12.2. The Kier molecular flexibility index (Phi) is 8.39. The number of aromatic nitrogens is 1. The summed E-state index contributed by atoms with van der Waals surface area (Å²) in [5, 5.41) is 7.49. The lowest BCUT2D eigenvalue weighted by Crippen LogP contribution is -2.10. The van der Waals surface area contributed by atoms with E-state index in [1.807, 2.05) is 11.3 Å². The molecule has 10 aromatic carbocycles. The second kappa shape index (κ2) is 14.5. The van der Waals surface area contributed by atoms with Crippen LogP contribution in [0.25, 0.3) is 91.8 Å². The van der Waals surface area contributed by atoms with E-state index in [2.05, 4.69) is 240 Å². The monoisotopic (exact) mass is 794 g/mol. The van der Waals surface area contributed by atoms with E-state index in [9.17, 15) is 0 Å². The molecule has 0 spiro atoms. The van der Waals surface area contributed by atoms with Crippen molar-refractivity contribution in [1.29, 1.82) is 0 Å². The molecule has 0 aliphatic carbocycles. The van der Waals surface area contributed by atoms with Crippen LogP contribution < -0.4 is 4.90 Å². The highest BCUT2D eigenvalue weighted by atomic mass is 32.1. The van der Waals surface area contributed by atoms with Crippen molar-refractivity contribution in [1.82, 2.24) is 4.57 Å². The van der Waals surface area contributed by atoms with Gasteiger partial charge in [0.15, 0.2) is 0 Å². The Morgan fingerprint density at radius 1 is 0.328 bits per heavy atom. The molecule has 0 fully saturated rings. The molecule has 0 saturated carbocycles. The number of hydrogen-bond acceptors (Lipinski definition) is 2. The van der Waals surface area contributed by atoms with Crippen molar-refractivity contribution in [2.75, 3.05) is 4.90 Å². The third-order valence-corrected chi connectivity index (χ3v) is 13.4. The minimum Gasteiger partial charge on any atom is -0.310 e. The lowest BCUT2D eigenvalue weighted by Gasteiger charge is -2.27. The number of anilines is 3. The van der Waals surface area contributed by atoms with Gasteiger partial charge in [-0.05, 0) is 76.2 Å². The van der Waals surface area contributed by atoms with E-state index in [0.29, 0.717) is 0 Å². The molecule has 2 aromatic heterocycles. The second-order valence-corrected chi connectivity index (χ2v) is 16.7. The average Bonchev–Trinajstić information content (AvgIpc) is 3.88. The van der Waals surface area contributed by atoms with Crippen molar-refractivity contribution in [3.8, 4) is 39.1 Å². The fourth-order valence-corrected chi connectivity index (χ4v) is 10.7. The molecular weight excluding hydrogens is 757 g/mol. The van der Waals surface area contributed by atoms with Gasteiger partial charge in [-0.25, -0.2) is 0 Å². The van der Waals surface area contributed by atoms with Crippen molar-refractivity contribution in [2.45, 2.75) is 0 Å². The molecule has 12 rings (SSSR count). The van der Waals surface area contributed by atoms with Gasteiger partial charge < -0.3 is 9.47 Å². The van der Waals surface area contributed by atoms with Crippen molar-refractivity contribution in [3.05, 3.63) is 231 Å². The summed E-state index contributed by atoms with van der Waals surface area (Å²) < 4.78 is 5.13. The molecule has 0 N–H and O–H groups in total. The zero-order valence-electron chi connectivity index (χ0n) is 33.2. The van der Waals surface area contributed by atoms with Gasteiger partial charge >= 0.3 is 0 Å². The highest BCUT2D eigenvalue weighted by Crippen LogP contribution is 2.47. The number of thiophene rings is 1. The van der Waals surface area contributed by atoms with Crippen LogP contribution in [0.4, 0.5) is 17.1 Å². The Labute approximate surface area is 358 Å². The maximum atomic E-state index is 2.51. The molecule has 286 valence electrons. The summed E-state index contributed by atoms with van der Waals surface area (Å²) >= 11 is 1.88. The summed E-state index contributed by atoms with van der Waals surface area (Å²) in [6.45, 7) is 0. The lowest BCUT2D eigenvalue weighted by molar-refractivity contribution is 1.19. The van der Waals surface area contributed by atoms with Crippen LogP contribution in [-0.2, 0) is 0 Å².